The van der Waals surface area contributed by atoms with Crippen LogP contribution in [-0.4, -0.2) is 54.4 Å². The zero-order valence-corrected chi connectivity index (χ0v) is 24.9. The lowest BCUT2D eigenvalue weighted by molar-refractivity contribution is -0.348. The van der Waals surface area contributed by atoms with E-state index in [0.29, 0.717) is 24.0 Å². The van der Waals surface area contributed by atoms with Crippen molar-refractivity contribution in [3.8, 4) is 0 Å². The second-order valence-corrected chi connectivity index (χ2v) is 13.1. The lowest BCUT2D eigenvalue weighted by Crippen LogP contribution is -2.80. The standard InChI is InChI=1S/C31H40O10/c1-17-30(40-19(3)33)11-10-28(6)26(20-9-12-37-16-20)39-25(35)15-31(17,28)41-23-14-22(38-18(2)32)27(4,5)21(29(23,30)7)13-24(34)36-8/h9,12,16,21-23,26H,1,10-11,13-15H2,2-8H3. The predicted molar refractivity (Wildman–Crippen MR) is 143 cm³/mol. The van der Waals surface area contributed by atoms with Gasteiger partial charge in [0.05, 0.1) is 32.2 Å². The van der Waals surface area contributed by atoms with Crippen LogP contribution < -0.4 is 0 Å². The molecule has 0 aromatic carbocycles. The van der Waals surface area contributed by atoms with Crippen LogP contribution in [0.1, 0.15) is 85.3 Å². The molecule has 3 heterocycles. The van der Waals surface area contributed by atoms with Crippen molar-refractivity contribution in [1.82, 2.24) is 0 Å². The number of cyclic esters (lactones) is 1. The average Bonchev–Trinajstić information content (AvgIpc) is 3.41. The third kappa shape index (κ3) is 3.85. The summed E-state index contributed by atoms with van der Waals surface area (Å²) >= 11 is 0. The number of carbonyl (C=O) groups excluding carboxylic acids is 4. The van der Waals surface area contributed by atoms with Crippen molar-refractivity contribution in [2.75, 3.05) is 7.11 Å². The van der Waals surface area contributed by atoms with E-state index in [1.807, 2.05) is 27.7 Å². The van der Waals surface area contributed by atoms with E-state index in [1.54, 1.807) is 12.3 Å². The highest BCUT2D eigenvalue weighted by atomic mass is 16.6. The van der Waals surface area contributed by atoms with Gasteiger partial charge in [-0.1, -0.05) is 34.3 Å². The summed E-state index contributed by atoms with van der Waals surface area (Å²) in [4.78, 5) is 51.4. The number of esters is 4. The lowest BCUT2D eigenvalue weighted by Gasteiger charge is -2.74. The minimum Gasteiger partial charge on any atom is -0.472 e. The quantitative estimate of drug-likeness (QED) is 0.280. The second kappa shape index (κ2) is 9.44. The summed E-state index contributed by atoms with van der Waals surface area (Å²) < 4.78 is 35.8. The summed E-state index contributed by atoms with van der Waals surface area (Å²) in [7, 11) is 1.32. The van der Waals surface area contributed by atoms with Crippen LogP contribution in [0.25, 0.3) is 0 Å². The Kier molecular flexibility index (Phi) is 6.76. The van der Waals surface area contributed by atoms with Gasteiger partial charge in [0.15, 0.2) is 0 Å². The summed E-state index contributed by atoms with van der Waals surface area (Å²) in [6, 6.07) is 1.76. The van der Waals surface area contributed by atoms with Gasteiger partial charge >= 0.3 is 23.9 Å². The molecule has 0 amide bonds. The Bertz CT molecular complexity index is 1280. The van der Waals surface area contributed by atoms with E-state index < -0.39 is 75.6 Å². The van der Waals surface area contributed by atoms with Crippen LogP contribution >= 0.6 is 0 Å². The summed E-state index contributed by atoms with van der Waals surface area (Å²) in [5.74, 6) is -2.41. The van der Waals surface area contributed by atoms with Crippen molar-refractivity contribution >= 4 is 23.9 Å². The first-order valence-electron chi connectivity index (χ1n) is 14.1. The fourth-order valence-corrected chi connectivity index (χ4v) is 8.83. The van der Waals surface area contributed by atoms with E-state index >= 15 is 0 Å². The number of carbonyl (C=O) groups is 4. The Morgan fingerprint density at radius 1 is 1.10 bits per heavy atom. The van der Waals surface area contributed by atoms with Gasteiger partial charge in [-0.3, -0.25) is 19.2 Å². The number of ether oxygens (including phenoxy) is 5. The highest BCUT2D eigenvalue weighted by molar-refractivity contribution is 5.76. The molecule has 41 heavy (non-hydrogen) atoms. The van der Waals surface area contributed by atoms with E-state index in [4.69, 9.17) is 28.1 Å². The van der Waals surface area contributed by atoms with Crippen molar-refractivity contribution in [3.05, 3.63) is 36.3 Å². The fourth-order valence-electron chi connectivity index (χ4n) is 8.83. The fraction of sp³-hybridized carbons (Fsp3) is 0.677. The van der Waals surface area contributed by atoms with Crippen LogP contribution in [-0.2, 0) is 42.9 Å². The van der Waals surface area contributed by atoms with Crippen LogP contribution in [0.5, 0.6) is 0 Å². The zero-order chi connectivity index (χ0) is 30.2. The minimum atomic E-state index is -1.29. The monoisotopic (exact) mass is 572 g/mol. The Morgan fingerprint density at radius 3 is 2.39 bits per heavy atom. The van der Waals surface area contributed by atoms with E-state index in [2.05, 4.69) is 6.58 Å². The molecule has 0 radical (unpaired) electrons. The molecule has 1 spiro atoms. The highest BCUT2D eigenvalue weighted by Gasteiger charge is 2.80. The molecule has 5 rings (SSSR count). The topological polar surface area (TPSA) is 128 Å². The van der Waals surface area contributed by atoms with Crippen LogP contribution in [0.15, 0.2) is 35.2 Å². The van der Waals surface area contributed by atoms with Crippen LogP contribution in [0.2, 0.25) is 0 Å². The zero-order valence-electron chi connectivity index (χ0n) is 24.9. The molecule has 2 aliphatic heterocycles. The molecule has 1 aromatic rings. The molecule has 8 atom stereocenters. The van der Waals surface area contributed by atoms with Gasteiger partial charge < -0.3 is 28.1 Å². The van der Waals surface area contributed by atoms with E-state index in [0.717, 1.165) is 0 Å². The van der Waals surface area contributed by atoms with Crippen molar-refractivity contribution in [2.45, 2.75) is 103 Å². The molecule has 2 aliphatic carbocycles. The normalized spacial score (nSPS) is 40.9. The first kappa shape index (κ1) is 29.4. The molecular weight excluding hydrogens is 532 g/mol. The number of rotatable bonds is 5. The number of fused-ring (bicyclic) bond motifs is 3. The molecule has 10 nitrogen and oxygen atoms in total. The number of furan rings is 1. The van der Waals surface area contributed by atoms with Gasteiger partial charge in [0.25, 0.3) is 0 Å². The van der Waals surface area contributed by atoms with Gasteiger partial charge in [0, 0.05) is 48.5 Å². The molecule has 8 unspecified atom stereocenters. The first-order valence-corrected chi connectivity index (χ1v) is 14.1. The molecule has 4 fully saturated rings. The molecule has 224 valence electrons. The second-order valence-electron chi connectivity index (χ2n) is 13.1. The maximum Gasteiger partial charge on any atom is 0.309 e. The van der Waals surface area contributed by atoms with Crippen LogP contribution in [0, 0.1) is 22.2 Å². The molecule has 2 saturated carbocycles. The largest absolute Gasteiger partial charge is 0.472 e. The summed E-state index contributed by atoms with van der Waals surface area (Å²) in [6.07, 6.45) is 1.99. The van der Waals surface area contributed by atoms with Crippen molar-refractivity contribution < 1.29 is 47.3 Å². The van der Waals surface area contributed by atoms with Gasteiger partial charge in [0.2, 0.25) is 0 Å². The molecular formula is C31H40O10. The van der Waals surface area contributed by atoms with E-state index in [9.17, 15) is 19.2 Å². The Hall–Kier alpha value is -3.14. The summed E-state index contributed by atoms with van der Waals surface area (Å²) in [5.41, 5.74) is -3.95. The van der Waals surface area contributed by atoms with E-state index in [-0.39, 0.29) is 19.3 Å². The molecule has 2 bridgehead atoms. The molecule has 4 aliphatic rings. The number of hydrogen-bond donors (Lipinski definition) is 0. The molecule has 1 aromatic heterocycles. The Morgan fingerprint density at radius 2 is 1.80 bits per heavy atom. The molecule has 0 N–H and O–H groups in total. The van der Waals surface area contributed by atoms with Crippen molar-refractivity contribution in [1.29, 1.82) is 0 Å². The first-order chi connectivity index (χ1) is 19.1. The summed E-state index contributed by atoms with van der Waals surface area (Å²) in [5, 5.41) is 0. The Balaban J connectivity index is 1.75. The third-order valence-corrected chi connectivity index (χ3v) is 10.9. The van der Waals surface area contributed by atoms with Gasteiger partial charge in [-0.15, -0.1) is 0 Å². The smallest absolute Gasteiger partial charge is 0.309 e. The van der Waals surface area contributed by atoms with Gasteiger partial charge in [0.1, 0.15) is 23.4 Å². The number of methoxy groups -OCH3 is 1. The Labute approximate surface area is 240 Å². The van der Waals surface area contributed by atoms with Crippen LogP contribution in [0.3, 0.4) is 0 Å². The van der Waals surface area contributed by atoms with Gasteiger partial charge in [-0.25, -0.2) is 0 Å². The third-order valence-electron chi connectivity index (χ3n) is 10.9. The average molecular weight is 573 g/mol. The predicted octanol–water partition coefficient (Wildman–Crippen LogP) is 4.61. The molecule has 10 heteroatoms. The lowest BCUT2D eigenvalue weighted by atomic mass is 9.39. The van der Waals surface area contributed by atoms with Crippen molar-refractivity contribution in [2.24, 2.45) is 22.2 Å². The number of hydrogen-bond acceptors (Lipinski definition) is 10. The molecule has 2 saturated heterocycles. The van der Waals surface area contributed by atoms with E-state index in [1.165, 1.54) is 27.2 Å². The van der Waals surface area contributed by atoms with Crippen molar-refractivity contribution in [3.63, 3.8) is 0 Å². The van der Waals surface area contributed by atoms with Crippen LogP contribution in [0.4, 0.5) is 0 Å². The maximum atomic E-state index is 13.3. The minimum absolute atomic E-state index is 0.0299. The van der Waals surface area contributed by atoms with Gasteiger partial charge in [-0.05, 0) is 30.4 Å². The maximum absolute atomic E-state index is 13.3. The highest BCUT2D eigenvalue weighted by Crippen LogP contribution is 2.74. The summed E-state index contributed by atoms with van der Waals surface area (Å²) in [6.45, 7) is 15.1. The van der Waals surface area contributed by atoms with Gasteiger partial charge in [-0.2, -0.15) is 0 Å². The SMILES string of the molecule is C=C1C23CC(=O)OC(c4ccoc4)C2(C)CCC1(OC(C)=O)C1(C)C(CC(OC(C)=O)C(C)(C)C1CC(=O)OC)O3.